The first-order chi connectivity index (χ1) is 11.7. The predicted octanol–water partition coefficient (Wildman–Crippen LogP) is 3.38. The lowest BCUT2D eigenvalue weighted by Gasteiger charge is -2.10. The fourth-order valence-corrected chi connectivity index (χ4v) is 2.77. The molecule has 2 aromatic heterocycles. The van der Waals surface area contributed by atoms with Crippen molar-refractivity contribution in [1.82, 2.24) is 5.32 Å². The topological polar surface area (TPSA) is 71.7 Å². The number of furan rings is 1. The first kappa shape index (κ1) is 16.3. The summed E-state index contributed by atoms with van der Waals surface area (Å²) in [6.07, 6.45) is 0.608. The van der Waals surface area contributed by atoms with Gasteiger partial charge in [-0.15, -0.1) is 11.3 Å². The lowest BCUT2D eigenvalue weighted by atomic mass is 10.2. The highest BCUT2D eigenvalue weighted by molar-refractivity contribution is 7.09. The number of hydrogen-bond acceptors (Lipinski definition) is 5. The van der Waals surface area contributed by atoms with Gasteiger partial charge in [0.2, 0.25) is 0 Å². The number of benzene rings is 1. The van der Waals surface area contributed by atoms with Crippen molar-refractivity contribution in [2.75, 3.05) is 6.54 Å². The Balaban J connectivity index is 1.55. The van der Waals surface area contributed by atoms with Crippen molar-refractivity contribution in [2.24, 2.45) is 0 Å². The summed E-state index contributed by atoms with van der Waals surface area (Å²) < 4.78 is 10.8. The molecule has 5 nitrogen and oxygen atoms in total. The number of thiophene rings is 1. The Kier molecular flexibility index (Phi) is 5.30. The Hall–Kier alpha value is -2.57. The molecule has 0 aliphatic heterocycles. The van der Waals surface area contributed by atoms with E-state index in [1.54, 1.807) is 41.7 Å². The van der Waals surface area contributed by atoms with Crippen LogP contribution in [-0.2, 0) is 6.61 Å². The number of amides is 1. The number of carbonyl (C=O) groups is 1. The first-order valence-electron chi connectivity index (χ1n) is 7.47. The fraction of sp³-hybridized carbons (Fsp3) is 0.167. The molecule has 0 saturated heterocycles. The fourth-order valence-electron chi connectivity index (χ4n) is 2.15. The number of ether oxygens (including phenoxy) is 1. The highest BCUT2D eigenvalue weighted by Gasteiger charge is 2.13. The molecule has 1 unspecified atom stereocenters. The molecule has 3 aromatic rings. The zero-order valence-corrected chi connectivity index (χ0v) is 13.7. The highest BCUT2D eigenvalue weighted by atomic mass is 32.1. The van der Waals surface area contributed by atoms with E-state index in [1.165, 1.54) is 6.26 Å². The monoisotopic (exact) mass is 343 g/mol. The SMILES string of the molecule is O=C(NCC(O)c1ccco1)c1cccc(OCc2cccs2)c1. The maximum absolute atomic E-state index is 12.2. The average molecular weight is 343 g/mol. The molecular weight excluding hydrogens is 326 g/mol. The molecule has 0 fully saturated rings. The van der Waals surface area contributed by atoms with Crippen LogP contribution in [0.3, 0.4) is 0 Å². The van der Waals surface area contributed by atoms with E-state index in [1.807, 2.05) is 23.6 Å². The van der Waals surface area contributed by atoms with E-state index in [4.69, 9.17) is 9.15 Å². The molecule has 1 aromatic carbocycles. The lowest BCUT2D eigenvalue weighted by Crippen LogP contribution is -2.28. The first-order valence-corrected chi connectivity index (χ1v) is 8.35. The van der Waals surface area contributed by atoms with Crippen LogP contribution in [-0.4, -0.2) is 17.6 Å². The molecule has 6 heteroatoms. The molecule has 0 aliphatic carbocycles. The number of hydrogen-bond donors (Lipinski definition) is 2. The molecular formula is C18H17NO4S. The minimum Gasteiger partial charge on any atom is -0.488 e. The summed E-state index contributed by atoms with van der Waals surface area (Å²) in [6, 6.07) is 14.3. The van der Waals surface area contributed by atoms with E-state index in [9.17, 15) is 9.90 Å². The Bertz CT molecular complexity index is 768. The Morgan fingerprint density at radius 3 is 2.92 bits per heavy atom. The Morgan fingerprint density at radius 2 is 2.17 bits per heavy atom. The molecule has 0 radical (unpaired) electrons. The van der Waals surface area contributed by atoms with Gasteiger partial charge in [0.1, 0.15) is 24.2 Å². The Morgan fingerprint density at radius 1 is 1.25 bits per heavy atom. The van der Waals surface area contributed by atoms with Gasteiger partial charge < -0.3 is 19.6 Å². The van der Waals surface area contributed by atoms with Crippen LogP contribution in [0.5, 0.6) is 5.75 Å². The zero-order valence-electron chi connectivity index (χ0n) is 12.8. The molecule has 1 amide bonds. The van der Waals surface area contributed by atoms with Crippen molar-refractivity contribution < 1.29 is 19.1 Å². The van der Waals surface area contributed by atoms with Crippen molar-refractivity contribution >= 4 is 17.2 Å². The van der Waals surface area contributed by atoms with Gasteiger partial charge >= 0.3 is 0 Å². The smallest absolute Gasteiger partial charge is 0.251 e. The van der Waals surface area contributed by atoms with Gasteiger partial charge in [0.15, 0.2) is 0 Å². The van der Waals surface area contributed by atoms with Gasteiger partial charge in [0.05, 0.1) is 12.8 Å². The van der Waals surface area contributed by atoms with Crippen molar-refractivity contribution in [3.8, 4) is 5.75 Å². The molecule has 24 heavy (non-hydrogen) atoms. The number of carbonyl (C=O) groups excluding carboxylic acids is 1. The summed E-state index contributed by atoms with van der Waals surface area (Å²) in [5.41, 5.74) is 0.477. The van der Waals surface area contributed by atoms with Gasteiger partial charge in [0.25, 0.3) is 5.91 Å². The second-order valence-electron chi connectivity index (χ2n) is 5.14. The zero-order chi connectivity index (χ0) is 16.8. The molecule has 0 spiro atoms. The van der Waals surface area contributed by atoms with Crippen molar-refractivity contribution in [2.45, 2.75) is 12.7 Å². The maximum Gasteiger partial charge on any atom is 0.251 e. The van der Waals surface area contributed by atoms with E-state index in [-0.39, 0.29) is 12.5 Å². The second kappa shape index (κ2) is 7.81. The summed E-state index contributed by atoms with van der Waals surface area (Å²) in [5, 5.41) is 14.6. The molecule has 1 atom stereocenters. The van der Waals surface area contributed by atoms with Crippen LogP contribution in [0.2, 0.25) is 0 Å². The van der Waals surface area contributed by atoms with Crippen molar-refractivity contribution in [3.63, 3.8) is 0 Å². The normalized spacial score (nSPS) is 11.9. The van der Waals surface area contributed by atoms with Crippen LogP contribution in [0.1, 0.15) is 27.1 Å². The number of nitrogens with one attached hydrogen (secondary N) is 1. The van der Waals surface area contributed by atoms with Gasteiger partial charge in [-0.3, -0.25) is 4.79 Å². The number of rotatable bonds is 7. The molecule has 0 aliphatic rings. The molecule has 2 heterocycles. The second-order valence-corrected chi connectivity index (χ2v) is 6.17. The van der Waals surface area contributed by atoms with Gasteiger partial charge in [-0.1, -0.05) is 12.1 Å². The third kappa shape index (κ3) is 4.24. The molecule has 2 N–H and O–H groups in total. The van der Waals surface area contributed by atoms with Gasteiger partial charge in [-0.2, -0.15) is 0 Å². The van der Waals surface area contributed by atoms with E-state index in [2.05, 4.69) is 5.32 Å². The molecule has 0 saturated carbocycles. The standard InChI is InChI=1S/C18H17NO4S/c20-16(17-7-2-8-22-17)11-19-18(21)13-4-1-5-14(10-13)23-12-15-6-3-9-24-15/h1-10,16,20H,11-12H2,(H,19,21). The summed E-state index contributed by atoms with van der Waals surface area (Å²) in [7, 11) is 0. The van der Waals surface area contributed by atoms with Gasteiger partial charge in [0, 0.05) is 10.4 Å². The summed E-state index contributed by atoms with van der Waals surface area (Å²) in [5.74, 6) is 0.771. The van der Waals surface area contributed by atoms with E-state index < -0.39 is 6.10 Å². The third-order valence-corrected chi connectivity index (χ3v) is 4.23. The quantitative estimate of drug-likeness (QED) is 0.690. The van der Waals surface area contributed by atoms with E-state index in [0.29, 0.717) is 23.7 Å². The van der Waals surface area contributed by atoms with Crippen LogP contribution in [0, 0.1) is 0 Å². The van der Waals surface area contributed by atoms with Crippen molar-refractivity contribution in [3.05, 3.63) is 76.4 Å². The molecule has 124 valence electrons. The predicted molar refractivity (Wildman–Crippen MR) is 91.1 cm³/mol. The molecule has 3 rings (SSSR count). The molecule has 0 bridgehead atoms. The van der Waals surface area contributed by atoms with Gasteiger partial charge in [-0.25, -0.2) is 0 Å². The van der Waals surface area contributed by atoms with Gasteiger partial charge in [-0.05, 0) is 41.8 Å². The van der Waals surface area contributed by atoms with E-state index in [0.717, 1.165) is 4.88 Å². The van der Waals surface area contributed by atoms with Crippen LogP contribution in [0.4, 0.5) is 0 Å². The minimum absolute atomic E-state index is 0.0760. The van der Waals surface area contributed by atoms with Crippen LogP contribution in [0.15, 0.2) is 64.6 Å². The lowest BCUT2D eigenvalue weighted by molar-refractivity contribution is 0.0900. The maximum atomic E-state index is 12.2. The van der Waals surface area contributed by atoms with Crippen LogP contribution >= 0.6 is 11.3 Å². The largest absolute Gasteiger partial charge is 0.488 e. The van der Waals surface area contributed by atoms with Crippen LogP contribution in [0.25, 0.3) is 0 Å². The summed E-state index contributed by atoms with van der Waals surface area (Å²) >= 11 is 1.62. The highest BCUT2D eigenvalue weighted by Crippen LogP contribution is 2.17. The summed E-state index contributed by atoms with van der Waals surface area (Å²) in [6.45, 7) is 0.548. The van der Waals surface area contributed by atoms with E-state index >= 15 is 0 Å². The third-order valence-electron chi connectivity index (χ3n) is 3.38. The average Bonchev–Trinajstić information content (AvgIpc) is 3.31. The van der Waals surface area contributed by atoms with Crippen LogP contribution < -0.4 is 10.1 Å². The summed E-state index contributed by atoms with van der Waals surface area (Å²) in [4.78, 5) is 13.3. The van der Waals surface area contributed by atoms with Crippen molar-refractivity contribution in [1.29, 1.82) is 0 Å². The Labute approximate surface area is 143 Å². The number of aliphatic hydroxyl groups excluding tert-OH is 1. The number of aliphatic hydroxyl groups is 1. The minimum atomic E-state index is -0.873.